The summed E-state index contributed by atoms with van der Waals surface area (Å²) in [5.41, 5.74) is 7.21. The number of fused-ring (bicyclic) bond motifs is 1. The van der Waals surface area contributed by atoms with Crippen molar-refractivity contribution in [1.29, 1.82) is 0 Å². The fraction of sp³-hybridized carbons (Fsp3) is 0.333. The molecule has 1 aliphatic carbocycles. The molecule has 5 nitrogen and oxygen atoms in total. The summed E-state index contributed by atoms with van der Waals surface area (Å²) >= 11 is 0. The van der Waals surface area contributed by atoms with E-state index in [9.17, 15) is 4.79 Å². The molecular weight excluding hydrogens is 216 g/mol. The van der Waals surface area contributed by atoms with Crippen molar-refractivity contribution in [3.63, 3.8) is 0 Å². The lowest BCUT2D eigenvalue weighted by molar-refractivity contribution is 0.0910. The first-order valence-corrected chi connectivity index (χ1v) is 5.72. The molecule has 17 heavy (non-hydrogen) atoms. The van der Waals surface area contributed by atoms with E-state index in [0.717, 1.165) is 23.7 Å². The number of amides is 1. The summed E-state index contributed by atoms with van der Waals surface area (Å²) in [6, 6.07) is 5.99. The van der Waals surface area contributed by atoms with Crippen LogP contribution >= 0.6 is 0 Å². The summed E-state index contributed by atoms with van der Waals surface area (Å²) in [6.07, 6.45) is 3.48. The number of nitrogens with one attached hydrogen (secondary N) is 2. The Kier molecular flexibility index (Phi) is 2.33. The molecule has 1 aromatic heterocycles. The number of nitrogens with two attached hydrogens (primary N) is 1. The van der Waals surface area contributed by atoms with E-state index in [1.165, 1.54) is 0 Å². The van der Waals surface area contributed by atoms with E-state index in [1.54, 1.807) is 6.20 Å². The highest BCUT2D eigenvalue weighted by molar-refractivity contribution is 5.97. The minimum atomic E-state index is -0.0431. The zero-order chi connectivity index (χ0) is 11.8. The SMILES string of the molecule is NC1CC(NC(=O)c2ccc3cn[nH]c3c2)C1. The monoisotopic (exact) mass is 230 g/mol. The molecule has 88 valence electrons. The van der Waals surface area contributed by atoms with E-state index in [-0.39, 0.29) is 18.0 Å². The number of hydrogen-bond donors (Lipinski definition) is 3. The predicted molar refractivity (Wildman–Crippen MR) is 64.6 cm³/mol. The highest BCUT2D eigenvalue weighted by Gasteiger charge is 2.27. The van der Waals surface area contributed by atoms with Gasteiger partial charge in [0, 0.05) is 23.0 Å². The van der Waals surface area contributed by atoms with Gasteiger partial charge in [0.2, 0.25) is 0 Å². The van der Waals surface area contributed by atoms with E-state index in [1.807, 2.05) is 18.2 Å². The summed E-state index contributed by atoms with van der Waals surface area (Å²) < 4.78 is 0. The summed E-state index contributed by atoms with van der Waals surface area (Å²) in [7, 11) is 0. The molecule has 0 saturated heterocycles. The Labute approximate surface area is 98.4 Å². The fourth-order valence-electron chi connectivity index (χ4n) is 2.13. The van der Waals surface area contributed by atoms with Gasteiger partial charge in [-0.05, 0) is 25.0 Å². The van der Waals surface area contributed by atoms with Crippen LogP contribution in [0.1, 0.15) is 23.2 Å². The molecule has 1 fully saturated rings. The van der Waals surface area contributed by atoms with Gasteiger partial charge >= 0.3 is 0 Å². The van der Waals surface area contributed by atoms with Crippen molar-refractivity contribution in [1.82, 2.24) is 15.5 Å². The second kappa shape index (κ2) is 3.85. The van der Waals surface area contributed by atoms with Crippen LogP contribution in [0.3, 0.4) is 0 Å². The molecule has 1 aliphatic rings. The van der Waals surface area contributed by atoms with Gasteiger partial charge in [-0.1, -0.05) is 6.07 Å². The van der Waals surface area contributed by atoms with Gasteiger partial charge in [0.15, 0.2) is 0 Å². The van der Waals surface area contributed by atoms with Crippen molar-refractivity contribution in [3.05, 3.63) is 30.0 Å². The van der Waals surface area contributed by atoms with Crippen molar-refractivity contribution in [2.45, 2.75) is 24.9 Å². The molecule has 0 unspecified atom stereocenters. The highest BCUT2D eigenvalue weighted by atomic mass is 16.1. The Balaban J connectivity index is 1.76. The number of carbonyl (C=O) groups excluding carboxylic acids is 1. The van der Waals surface area contributed by atoms with Crippen molar-refractivity contribution >= 4 is 16.8 Å². The number of nitrogens with zero attached hydrogens (tertiary/aromatic N) is 1. The van der Waals surface area contributed by atoms with Crippen LogP contribution in [0.4, 0.5) is 0 Å². The number of H-pyrrole nitrogens is 1. The largest absolute Gasteiger partial charge is 0.349 e. The topological polar surface area (TPSA) is 83.8 Å². The van der Waals surface area contributed by atoms with Gasteiger partial charge in [0.25, 0.3) is 5.91 Å². The third kappa shape index (κ3) is 1.89. The molecule has 0 spiro atoms. The van der Waals surface area contributed by atoms with E-state index in [4.69, 9.17) is 5.73 Å². The molecule has 0 atom stereocenters. The van der Waals surface area contributed by atoms with Gasteiger partial charge in [0.1, 0.15) is 0 Å². The first kappa shape index (κ1) is 10.3. The van der Waals surface area contributed by atoms with Crippen LogP contribution in [0.2, 0.25) is 0 Å². The number of aromatic amines is 1. The second-order valence-electron chi connectivity index (χ2n) is 4.57. The lowest BCUT2D eigenvalue weighted by Crippen LogP contribution is -2.50. The van der Waals surface area contributed by atoms with Crippen LogP contribution in [-0.2, 0) is 0 Å². The number of aromatic nitrogens is 2. The van der Waals surface area contributed by atoms with Gasteiger partial charge in [0.05, 0.1) is 11.7 Å². The van der Waals surface area contributed by atoms with Gasteiger partial charge in [-0.3, -0.25) is 9.89 Å². The first-order valence-electron chi connectivity index (χ1n) is 5.72. The van der Waals surface area contributed by atoms with Gasteiger partial charge in [-0.15, -0.1) is 0 Å². The molecule has 0 aliphatic heterocycles. The molecule has 2 aromatic rings. The zero-order valence-corrected chi connectivity index (χ0v) is 9.31. The molecular formula is C12H14N4O. The minimum Gasteiger partial charge on any atom is -0.349 e. The molecule has 1 amide bonds. The molecule has 0 bridgehead atoms. The third-order valence-corrected chi connectivity index (χ3v) is 3.21. The summed E-state index contributed by atoms with van der Waals surface area (Å²) in [4.78, 5) is 11.9. The maximum Gasteiger partial charge on any atom is 0.251 e. The van der Waals surface area contributed by atoms with Crippen molar-refractivity contribution < 1.29 is 4.79 Å². The van der Waals surface area contributed by atoms with Crippen LogP contribution in [0.5, 0.6) is 0 Å². The Morgan fingerprint density at radius 3 is 3.06 bits per heavy atom. The van der Waals surface area contributed by atoms with Crippen LogP contribution in [0.25, 0.3) is 10.9 Å². The minimum absolute atomic E-state index is 0.0431. The highest BCUT2D eigenvalue weighted by Crippen LogP contribution is 2.18. The maximum absolute atomic E-state index is 11.9. The van der Waals surface area contributed by atoms with Crippen LogP contribution < -0.4 is 11.1 Å². The van der Waals surface area contributed by atoms with Crippen LogP contribution in [0.15, 0.2) is 24.4 Å². The molecule has 5 heteroatoms. The maximum atomic E-state index is 11.9. The van der Waals surface area contributed by atoms with E-state index in [2.05, 4.69) is 15.5 Å². The zero-order valence-electron chi connectivity index (χ0n) is 9.31. The average Bonchev–Trinajstić information content (AvgIpc) is 2.73. The Bertz CT molecular complexity index is 556. The van der Waals surface area contributed by atoms with E-state index in [0.29, 0.717) is 5.56 Å². The Morgan fingerprint density at radius 1 is 1.47 bits per heavy atom. The van der Waals surface area contributed by atoms with Gasteiger partial charge in [-0.25, -0.2) is 0 Å². The standard InChI is InChI=1S/C12H14N4O/c13-9-4-10(5-9)15-12(17)7-1-2-8-6-14-16-11(8)3-7/h1-3,6,9-10H,4-5,13H2,(H,14,16)(H,15,17). The normalized spacial score (nSPS) is 23.4. The van der Waals surface area contributed by atoms with Crippen LogP contribution in [0, 0.1) is 0 Å². The molecule has 0 radical (unpaired) electrons. The summed E-state index contributed by atoms with van der Waals surface area (Å²) in [5, 5.41) is 10.8. The molecule has 1 aromatic carbocycles. The molecule has 3 rings (SSSR count). The number of benzene rings is 1. The van der Waals surface area contributed by atoms with E-state index < -0.39 is 0 Å². The van der Waals surface area contributed by atoms with Crippen LogP contribution in [-0.4, -0.2) is 28.2 Å². The number of hydrogen-bond acceptors (Lipinski definition) is 3. The van der Waals surface area contributed by atoms with Crippen molar-refractivity contribution in [3.8, 4) is 0 Å². The third-order valence-electron chi connectivity index (χ3n) is 3.21. The Hall–Kier alpha value is -1.88. The number of carbonyl (C=O) groups is 1. The summed E-state index contributed by atoms with van der Waals surface area (Å²) in [6.45, 7) is 0. The lowest BCUT2D eigenvalue weighted by atomic mass is 9.87. The molecule has 1 heterocycles. The fourth-order valence-corrected chi connectivity index (χ4v) is 2.13. The Morgan fingerprint density at radius 2 is 2.29 bits per heavy atom. The van der Waals surface area contributed by atoms with Crippen molar-refractivity contribution in [2.75, 3.05) is 0 Å². The summed E-state index contributed by atoms with van der Waals surface area (Å²) in [5.74, 6) is -0.0431. The lowest BCUT2D eigenvalue weighted by Gasteiger charge is -2.32. The number of rotatable bonds is 2. The van der Waals surface area contributed by atoms with Gasteiger partial charge in [-0.2, -0.15) is 5.10 Å². The first-order chi connectivity index (χ1) is 8.22. The second-order valence-corrected chi connectivity index (χ2v) is 4.57. The van der Waals surface area contributed by atoms with E-state index >= 15 is 0 Å². The molecule has 1 saturated carbocycles. The van der Waals surface area contributed by atoms with Crippen molar-refractivity contribution in [2.24, 2.45) is 5.73 Å². The van der Waals surface area contributed by atoms with Gasteiger partial charge < -0.3 is 11.1 Å². The molecule has 4 N–H and O–H groups in total. The smallest absolute Gasteiger partial charge is 0.251 e. The predicted octanol–water partition coefficient (Wildman–Crippen LogP) is 0.782. The average molecular weight is 230 g/mol. The quantitative estimate of drug-likeness (QED) is 0.713.